The van der Waals surface area contributed by atoms with Gasteiger partial charge in [-0.05, 0) is 25.0 Å². The van der Waals surface area contributed by atoms with Crippen LogP contribution >= 0.6 is 24.0 Å². The number of nitrogens with zero attached hydrogens (tertiary/aromatic N) is 1. The minimum atomic E-state index is -0.0938. The topological polar surface area (TPSA) is 65.5 Å². The van der Waals surface area contributed by atoms with Crippen molar-refractivity contribution in [1.29, 1.82) is 0 Å². The van der Waals surface area contributed by atoms with E-state index in [1.54, 1.807) is 7.05 Å². The van der Waals surface area contributed by atoms with Crippen LogP contribution in [0.1, 0.15) is 12.8 Å². The van der Waals surface area contributed by atoms with Crippen molar-refractivity contribution in [2.75, 3.05) is 18.9 Å². The predicted molar refractivity (Wildman–Crippen MR) is 97.1 cm³/mol. The van der Waals surface area contributed by atoms with Crippen LogP contribution in [0.2, 0.25) is 0 Å². The van der Waals surface area contributed by atoms with Crippen molar-refractivity contribution in [3.05, 3.63) is 42.5 Å². The summed E-state index contributed by atoms with van der Waals surface area (Å²) in [4.78, 5) is 15.9. The van der Waals surface area contributed by atoms with Crippen molar-refractivity contribution in [1.82, 2.24) is 10.6 Å². The Labute approximate surface area is 142 Å². The number of rotatable bonds is 4. The summed E-state index contributed by atoms with van der Waals surface area (Å²) in [5.41, 5.74) is 0.794. The molecule has 0 atom stereocenters. The highest BCUT2D eigenvalue weighted by atomic mass is 127. The molecule has 1 aliphatic rings. The van der Waals surface area contributed by atoms with Crippen LogP contribution in [-0.2, 0) is 4.79 Å². The molecule has 0 radical (unpaired) electrons. The lowest BCUT2D eigenvalue weighted by atomic mass is 10.2. The average molecular weight is 400 g/mol. The molecule has 0 aromatic heterocycles. The van der Waals surface area contributed by atoms with Crippen molar-refractivity contribution in [2.24, 2.45) is 4.99 Å². The molecule has 0 unspecified atom stereocenters. The van der Waals surface area contributed by atoms with Crippen molar-refractivity contribution in [2.45, 2.75) is 18.9 Å². The van der Waals surface area contributed by atoms with Crippen LogP contribution in [0, 0.1) is 0 Å². The molecular formula is C15H21IN4O. The fourth-order valence-corrected chi connectivity index (χ4v) is 2.01. The van der Waals surface area contributed by atoms with Gasteiger partial charge in [0.15, 0.2) is 5.96 Å². The summed E-state index contributed by atoms with van der Waals surface area (Å²) in [6, 6.07) is 9.77. The van der Waals surface area contributed by atoms with Crippen LogP contribution in [0.25, 0.3) is 0 Å². The molecule has 114 valence electrons. The van der Waals surface area contributed by atoms with E-state index in [2.05, 4.69) is 33.1 Å². The van der Waals surface area contributed by atoms with Gasteiger partial charge in [0.25, 0.3) is 0 Å². The van der Waals surface area contributed by atoms with Crippen molar-refractivity contribution >= 4 is 41.5 Å². The van der Waals surface area contributed by atoms with E-state index in [0.29, 0.717) is 12.0 Å². The summed E-state index contributed by atoms with van der Waals surface area (Å²) >= 11 is 0. The van der Waals surface area contributed by atoms with Crippen LogP contribution in [0.3, 0.4) is 0 Å². The number of hydrogen-bond donors (Lipinski definition) is 3. The third-order valence-corrected chi connectivity index (χ3v) is 3.05. The van der Waals surface area contributed by atoms with Gasteiger partial charge in [-0.25, -0.2) is 0 Å². The molecule has 0 bridgehead atoms. The Hall–Kier alpha value is -1.57. The molecule has 5 nitrogen and oxygen atoms in total. The zero-order chi connectivity index (χ0) is 14.2. The molecule has 0 aliphatic heterocycles. The van der Waals surface area contributed by atoms with Gasteiger partial charge in [-0.1, -0.05) is 30.4 Å². The highest BCUT2D eigenvalue weighted by molar-refractivity contribution is 14.0. The van der Waals surface area contributed by atoms with E-state index in [4.69, 9.17) is 0 Å². The highest BCUT2D eigenvalue weighted by Crippen LogP contribution is 2.08. The molecule has 2 rings (SSSR count). The number of carbonyl (C=O) groups is 1. The number of guanidine groups is 1. The Morgan fingerprint density at radius 2 is 1.90 bits per heavy atom. The third-order valence-electron chi connectivity index (χ3n) is 3.05. The molecule has 0 spiro atoms. The number of halogens is 1. The van der Waals surface area contributed by atoms with E-state index in [1.807, 2.05) is 30.3 Å². The van der Waals surface area contributed by atoms with E-state index < -0.39 is 0 Å². The first-order valence-electron chi connectivity index (χ1n) is 6.75. The Kier molecular flexibility index (Phi) is 7.81. The SMILES string of the molecule is CN=C(NCC(=O)Nc1ccccc1)NC1CC=CC1.I. The number of aliphatic imine (C=N–C) groups is 1. The summed E-state index contributed by atoms with van der Waals surface area (Å²) in [5, 5.41) is 9.12. The zero-order valence-electron chi connectivity index (χ0n) is 12.0. The number of para-hydroxylation sites is 1. The van der Waals surface area contributed by atoms with Gasteiger partial charge in [-0.2, -0.15) is 0 Å². The fourth-order valence-electron chi connectivity index (χ4n) is 2.01. The molecule has 1 aromatic carbocycles. The van der Waals surface area contributed by atoms with E-state index >= 15 is 0 Å². The monoisotopic (exact) mass is 400 g/mol. The summed E-state index contributed by atoms with van der Waals surface area (Å²) in [7, 11) is 1.70. The maximum absolute atomic E-state index is 11.8. The number of amides is 1. The second-order valence-corrected chi connectivity index (χ2v) is 4.62. The third kappa shape index (κ3) is 6.16. The first-order chi connectivity index (χ1) is 9.78. The maximum Gasteiger partial charge on any atom is 0.243 e. The molecule has 0 fully saturated rings. The van der Waals surface area contributed by atoms with Gasteiger partial charge in [0.2, 0.25) is 5.91 Å². The van der Waals surface area contributed by atoms with E-state index in [1.165, 1.54) is 0 Å². The molecule has 0 saturated carbocycles. The quantitative estimate of drug-likeness (QED) is 0.314. The van der Waals surface area contributed by atoms with Crippen LogP contribution in [0.4, 0.5) is 5.69 Å². The number of hydrogen-bond acceptors (Lipinski definition) is 2. The minimum Gasteiger partial charge on any atom is -0.353 e. The molecule has 1 aliphatic carbocycles. The van der Waals surface area contributed by atoms with E-state index in [9.17, 15) is 4.79 Å². The zero-order valence-corrected chi connectivity index (χ0v) is 14.3. The molecule has 0 heterocycles. The fraction of sp³-hybridized carbons (Fsp3) is 0.333. The number of anilines is 1. The van der Waals surface area contributed by atoms with Gasteiger partial charge in [0, 0.05) is 18.8 Å². The van der Waals surface area contributed by atoms with Crippen LogP contribution < -0.4 is 16.0 Å². The summed E-state index contributed by atoms with van der Waals surface area (Å²) < 4.78 is 0. The van der Waals surface area contributed by atoms with Crippen LogP contribution in [0.5, 0.6) is 0 Å². The smallest absolute Gasteiger partial charge is 0.243 e. The first kappa shape index (κ1) is 17.5. The number of benzene rings is 1. The van der Waals surface area contributed by atoms with Crippen molar-refractivity contribution < 1.29 is 4.79 Å². The average Bonchev–Trinajstić information content (AvgIpc) is 2.97. The molecule has 1 amide bonds. The Bertz CT molecular complexity index is 494. The van der Waals surface area contributed by atoms with Gasteiger partial charge < -0.3 is 16.0 Å². The summed E-state index contributed by atoms with van der Waals surface area (Å²) in [6.07, 6.45) is 6.29. The molecular weight excluding hydrogens is 379 g/mol. The normalized spacial score (nSPS) is 14.4. The Morgan fingerprint density at radius 1 is 1.24 bits per heavy atom. The van der Waals surface area contributed by atoms with Crippen LogP contribution in [-0.4, -0.2) is 31.5 Å². The lowest BCUT2D eigenvalue weighted by Crippen LogP contribution is -2.45. The molecule has 0 saturated heterocycles. The number of carbonyl (C=O) groups excluding carboxylic acids is 1. The lowest BCUT2D eigenvalue weighted by Gasteiger charge is -2.16. The molecule has 21 heavy (non-hydrogen) atoms. The first-order valence-corrected chi connectivity index (χ1v) is 6.75. The second kappa shape index (κ2) is 9.38. The van der Waals surface area contributed by atoms with Gasteiger partial charge in [-0.15, -0.1) is 24.0 Å². The lowest BCUT2D eigenvalue weighted by molar-refractivity contribution is -0.115. The van der Waals surface area contributed by atoms with Gasteiger partial charge in [-0.3, -0.25) is 9.79 Å². The minimum absolute atomic E-state index is 0. The number of nitrogens with one attached hydrogen (secondary N) is 3. The summed E-state index contributed by atoms with van der Waals surface area (Å²) in [5.74, 6) is 0.561. The highest BCUT2D eigenvalue weighted by Gasteiger charge is 2.12. The van der Waals surface area contributed by atoms with E-state index in [-0.39, 0.29) is 36.4 Å². The standard InChI is InChI=1S/C15H20N4O.HI/c1-16-15(19-13-9-5-6-10-13)17-11-14(20)18-12-7-3-2-4-8-12;/h2-8,13H,9-11H2,1H3,(H,18,20)(H2,16,17,19);1H. The van der Waals surface area contributed by atoms with Crippen molar-refractivity contribution in [3.8, 4) is 0 Å². The molecule has 1 aromatic rings. The van der Waals surface area contributed by atoms with Gasteiger partial charge in [0.1, 0.15) is 0 Å². The van der Waals surface area contributed by atoms with Crippen LogP contribution in [0.15, 0.2) is 47.5 Å². The van der Waals surface area contributed by atoms with Gasteiger partial charge >= 0.3 is 0 Å². The van der Waals surface area contributed by atoms with E-state index in [0.717, 1.165) is 18.5 Å². The molecule has 6 heteroatoms. The predicted octanol–water partition coefficient (Wildman–Crippen LogP) is 2.13. The second-order valence-electron chi connectivity index (χ2n) is 4.62. The van der Waals surface area contributed by atoms with Crippen molar-refractivity contribution in [3.63, 3.8) is 0 Å². The molecule has 3 N–H and O–H groups in total. The Morgan fingerprint density at radius 3 is 2.52 bits per heavy atom. The Balaban J connectivity index is 0.00000220. The maximum atomic E-state index is 11.8. The van der Waals surface area contributed by atoms with Gasteiger partial charge in [0.05, 0.1) is 6.54 Å². The largest absolute Gasteiger partial charge is 0.353 e. The summed E-state index contributed by atoms with van der Waals surface area (Å²) in [6.45, 7) is 0.189.